The molecule has 3 nitrogen and oxygen atoms in total. The van der Waals surface area contributed by atoms with E-state index in [-0.39, 0.29) is 11.9 Å². The normalized spacial score (nSPS) is 18.0. The van der Waals surface area contributed by atoms with E-state index in [9.17, 15) is 4.79 Å². The van der Waals surface area contributed by atoms with Crippen molar-refractivity contribution in [1.82, 2.24) is 5.32 Å². The van der Waals surface area contributed by atoms with E-state index in [1.165, 1.54) is 24.2 Å². The van der Waals surface area contributed by atoms with Gasteiger partial charge in [0.25, 0.3) is 5.91 Å². The topological polar surface area (TPSA) is 33.5 Å². The van der Waals surface area contributed by atoms with E-state index in [4.69, 9.17) is 11.6 Å². The van der Waals surface area contributed by atoms with Crippen molar-refractivity contribution in [1.29, 1.82) is 0 Å². The Hall–Kier alpha value is -1.06. The minimum absolute atomic E-state index is 0.0367. The van der Waals surface area contributed by atoms with Crippen molar-refractivity contribution in [3.63, 3.8) is 0 Å². The van der Waals surface area contributed by atoms with Gasteiger partial charge in [0.2, 0.25) is 0 Å². The maximum Gasteiger partial charge on any atom is 0.275 e. The molecule has 19 heavy (non-hydrogen) atoms. The highest BCUT2D eigenvalue weighted by molar-refractivity contribution is 6.31. The highest BCUT2D eigenvalue weighted by atomic mass is 35.5. The van der Waals surface area contributed by atoms with Gasteiger partial charge in [-0.25, -0.2) is 0 Å². The Morgan fingerprint density at radius 3 is 2.68 bits per heavy atom. The van der Waals surface area contributed by atoms with Crippen LogP contribution >= 0.6 is 11.6 Å². The zero-order chi connectivity index (χ0) is 13.7. The smallest absolute Gasteiger partial charge is 0.275 e. The fraction of sp³-hybridized carbons (Fsp3) is 0.533. The van der Waals surface area contributed by atoms with Crippen molar-refractivity contribution in [2.75, 3.05) is 19.6 Å². The molecule has 0 aromatic heterocycles. The molecule has 1 saturated heterocycles. The molecule has 0 unspecified atom stereocenters. The Bertz CT molecular complexity index is 430. The Morgan fingerprint density at radius 2 is 2.00 bits per heavy atom. The zero-order valence-corrected chi connectivity index (χ0v) is 12.2. The third kappa shape index (κ3) is 4.22. The number of halogens is 1. The molecular formula is C15H22ClN2O+. The van der Waals surface area contributed by atoms with Crippen LogP contribution in [0.5, 0.6) is 0 Å². The molecule has 1 aliphatic rings. The Labute approximate surface area is 119 Å². The van der Waals surface area contributed by atoms with Crippen LogP contribution in [-0.4, -0.2) is 25.5 Å². The molecule has 0 spiro atoms. The number of piperidine rings is 1. The van der Waals surface area contributed by atoms with Crippen molar-refractivity contribution in [3.05, 3.63) is 34.9 Å². The molecule has 104 valence electrons. The van der Waals surface area contributed by atoms with Gasteiger partial charge in [0.15, 0.2) is 6.54 Å². The standard InChI is InChI=1S/C15H21ClN2O/c1-12(13-7-3-4-8-14(13)16)17-15(19)11-18-9-5-2-6-10-18/h3-4,7-8,12H,2,5-6,9-11H2,1H3,(H,17,19)/p+1/t12-/m0/s1. The van der Waals surface area contributed by atoms with Gasteiger partial charge in [0, 0.05) is 5.02 Å². The molecule has 0 radical (unpaired) electrons. The van der Waals surface area contributed by atoms with Crippen LogP contribution in [0.1, 0.15) is 37.8 Å². The summed E-state index contributed by atoms with van der Waals surface area (Å²) >= 11 is 6.14. The summed E-state index contributed by atoms with van der Waals surface area (Å²) in [5.41, 5.74) is 0.978. The summed E-state index contributed by atoms with van der Waals surface area (Å²) in [4.78, 5) is 13.4. The first kappa shape index (κ1) is 14.4. The Kier molecular flexibility index (Phi) is 5.23. The predicted octanol–water partition coefficient (Wildman–Crippen LogP) is 1.59. The molecule has 2 rings (SSSR count). The number of amides is 1. The van der Waals surface area contributed by atoms with E-state index < -0.39 is 0 Å². The van der Waals surface area contributed by atoms with Gasteiger partial charge in [-0.15, -0.1) is 0 Å². The van der Waals surface area contributed by atoms with Crippen molar-refractivity contribution < 1.29 is 9.69 Å². The van der Waals surface area contributed by atoms with Gasteiger partial charge in [0.1, 0.15) is 0 Å². The number of carbonyl (C=O) groups is 1. The lowest BCUT2D eigenvalue weighted by Gasteiger charge is -2.24. The highest BCUT2D eigenvalue weighted by Gasteiger charge is 2.19. The van der Waals surface area contributed by atoms with Gasteiger partial charge in [-0.05, 0) is 37.8 Å². The SMILES string of the molecule is C[C@H](NC(=O)C[NH+]1CCCCC1)c1ccccc1Cl. The second kappa shape index (κ2) is 6.92. The first-order valence-electron chi connectivity index (χ1n) is 7.04. The average Bonchev–Trinajstić information content (AvgIpc) is 2.40. The molecule has 1 fully saturated rings. The van der Waals surface area contributed by atoms with Gasteiger partial charge < -0.3 is 10.2 Å². The summed E-state index contributed by atoms with van der Waals surface area (Å²) in [7, 11) is 0. The fourth-order valence-corrected chi connectivity index (χ4v) is 2.95. The number of nitrogens with one attached hydrogen (secondary N) is 2. The largest absolute Gasteiger partial charge is 0.345 e. The molecule has 0 saturated carbocycles. The molecule has 4 heteroatoms. The lowest BCUT2D eigenvalue weighted by molar-refractivity contribution is -0.896. The van der Waals surface area contributed by atoms with E-state index in [0.717, 1.165) is 18.7 Å². The summed E-state index contributed by atoms with van der Waals surface area (Å²) in [6.07, 6.45) is 3.78. The molecule has 0 bridgehead atoms. The molecular weight excluding hydrogens is 260 g/mol. The lowest BCUT2D eigenvalue weighted by atomic mass is 10.1. The van der Waals surface area contributed by atoms with Crippen molar-refractivity contribution in [2.24, 2.45) is 0 Å². The second-order valence-corrected chi connectivity index (χ2v) is 5.71. The van der Waals surface area contributed by atoms with Crippen molar-refractivity contribution in [2.45, 2.75) is 32.2 Å². The third-order valence-electron chi connectivity index (χ3n) is 3.72. The second-order valence-electron chi connectivity index (χ2n) is 5.30. The number of hydrogen-bond acceptors (Lipinski definition) is 1. The minimum atomic E-state index is -0.0367. The van der Waals surface area contributed by atoms with Crippen molar-refractivity contribution >= 4 is 17.5 Å². The van der Waals surface area contributed by atoms with E-state index in [1.807, 2.05) is 31.2 Å². The quantitative estimate of drug-likeness (QED) is 0.863. The number of quaternary nitrogens is 1. The number of benzene rings is 1. The maximum absolute atomic E-state index is 12.0. The van der Waals surface area contributed by atoms with Crippen LogP contribution in [0.3, 0.4) is 0 Å². The van der Waals surface area contributed by atoms with Crippen LogP contribution in [-0.2, 0) is 4.79 Å². The summed E-state index contributed by atoms with van der Waals surface area (Å²) in [5, 5.41) is 3.75. The van der Waals surface area contributed by atoms with Gasteiger partial charge >= 0.3 is 0 Å². The van der Waals surface area contributed by atoms with Gasteiger partial charge in [0.05, 0.1) is 19.1 Å². The summed E-state index contributed by atoms with van der Waals surface area (Å²) in [5.74, 6) is 0.115. The monoisotopic (exact) mass is 281 g/mol. The maximum atomic E-state index is 12.0. The minimum Gasteiger partial charge on any atom is -0.345 e. The Balaban J connectivity index is 1.86. The van der Waals surface area contributed by atoms with Crippen LogP contribution in [0.4, 0.5) is 0 Å². The molecule has 1 amide bonds. The summed E-state index contributed by atoms with van der Waals surface area (Å²) < 4.78 is 0. The number of rotatable bonds is 4. The zero-order valence-electron chi connectivity index (χ0n) is 11.4. The molecule has 2 N–H and O–H groups in total. The number of carbonyl (C=O) groups excluding carboxylic acids is 1. The van der Waals surface area contributed by atoms with Gasteiger partial charge in [-0.2, -0.15) is 0 Å². The molecule has 1 aliphatic heterocycles. The summed E-state index contributed by atoms with van der Waals surface area (Å²) in [6, 6.07) is 7.62. The number of likely N-dealkylation sites (tertiary alicyclic amines) is 1. The van der Waals surface area contributed by atoms with Gasteiger partial charge in [-0.3, -0.25) is 4.79 Å². The molecule has 1 atom stereocenters. The first-order chi connectivity index (χ1) is 9.16. The van der Waals surface area contributed by atoms with Gasteiger partial charge in [-0.1, -0.05) is 29.8 Å². The van der Waals surface area contributed by atoms with Crippen molar-refractivity contribution in [3.8, 4) is 0 Å². The van der Waals surface area contributed by atoms with E-state index in [2.05, 4.69) is 5.32 Å². The predicted molar refractivity (Wildman–Crippen MR) is 77.4 cm³/mol. The lowest BCUT2D eigenvalue weighted by Crippen LogP contribution is -3.13. The highest BCUT2D eigenvalue weighted by Crippen LogP contribution is 2.21. The number of hydrogen-bond donors (Lipinski definition) is 2. The molecule has 1 heterocycles. The van der Waals surface area contributed by atoms with Crippen LogP contribution < -0.4 is 10.2 Å². The van der Waals surface area contributed by atoms with E-state index in [0.29, 0.717) is 11.6 Å². The van der Waals surface area contributed by atoms with Crippen LogP contribution in [0.15, 0.2) is 24.3 Å². The third-order valence-corrected chi connectivity index (χ3v) is 4.06. The average molecular weight is 282 g/mol. The van der Waals surface area contributed by atoms with E-state index >= 15 is 0 Å². The summed E-state index contributed by atoms with van der Waals surface area (Å²) in [6.45, 7) is 4.79. The molecule has 1 aromatic carbocycles. The van der Waals surface area contributed by atoms with Crippen LogP contribution in [0.25, 0.3) is 0 Å². The van der Waals surface area contributed by atoms with Crippen LogP contribution in [0, 0.1) is 0 Å². The fourth-order valence-electron chi connectivity index (χ4n) is 2.65. The Morgan fingerprint density at radius 1 is 1.32 bits per heavy atom. The van der Waals surface area contributed by atoms with E-state index in [1.54, 1.807) is 0 Å². The molecule has 1 aromatic rings. The van der Waals surface area contributed by atoms with Crippen LogP contribution in [0.2, 0.25) is 5.02 Å². The molecule has 0 aliphatic carbocycles. The first-order valence-corrected chi connectivity index (χ1v) is 7.42.